The van der Waals surface area contributed by atoms with Crippen molar-refractivity contribution in [3.63, 3.8) is 0 Å². The van der Waals surface area contributed by atoms with E-state index in [2.05, 4.69) is 43.3 Å². The fourth-order valence-electron chi connectivity index (χ4n) is 0.456. The van der Waals surface area contributed by atoms with Crippen molar-refractivity contribution in [1.29, 1.82) is 0 Å². The van der Waals surface area contributed by atoms with E-state index < -0.39 is 0 Å². The third-order valence-electron chi connectivity index (χ3n) is 1.07. The van der Waals surface area contributed by atoms with Gasteiger partial charge in [-0.05, 0) is 0 Å². The molecule has 1 rings (SSSR count). The van der Waals surface area contributed by atoms with E-state index in [9.17, 15) is 0 Å². The van der Waals surface area contributed by atoms with Gasteiger partial charge < -0.3 is 0 Å². The van der Waals surface area contributed by atoms with Crippen LogP contribution in [0.1, 0.15) is 20.3 Å². The van der Waals surface area contributed by atoms with Gasteiger partial charge in [-0.3, -0.25) is 0 Å². The van der Waals surface area contributed by atoms with Crippen molar-refractivity contribution < 1.29 is 0 Å². The normalized spacial score (nSPS) is 24.9. The molecule has 4 heteroatoms. The number of rotatable bonds is 4. The van der Waals surface area contributed by atoms with Gasteiger partial charge in [0.1, 0.15) is 0 Å². The summed E-state index contributed by atoms with van der Waals surface area (Å²) < 4.78 is 1.00. The second-order valence-electron chi connectivity index (χ2n) is 2.42. The van der Waals surface area contributed by atoms with Gasteiger partial charge in [0, 0.05) is 0 Å². The van der Waals surface area contributed by atoms with E-state index in [1.807, 2.05) is 0 Å². The molecule has 0 N–H and O–H groups in total. The molecule has 0 saturated carbocycles. The summed E-state index contributed by atoms with van der Waals surface area (Å²) in [4.78, 5) is 0. The fraction of sp³-hybridized carbons (Fsp3) is 1.00. The van der Waals surface area contributed by atoms with Crippen molar-refractivity contribution in [1.82, 2.24) is 0 Å². The molecule has 1 heterocycles. The molecular weight excluding hydrogens is 290 g/mol. The fourth-order valence-corrected chi connectivity index (χ4v) is 15.8. The Morgan fingerprint density at radius 2 is 2.30 bits per heavy atom. The van der Waals surface area contributed by atoms with Crippen LogP contribution in [-0.2, 0) is 0 Å². The molecule has 0 amide bonds. The van der Waals surface area contributed by atoms with Crippen LogP contribution in [-0.4, -0.2) is 34.4 Å². The van der Waals surface area contributed by atoms with Gasteiger partial charge in [0.05, 0.1) is 0 Å². The molecule has 0 bridgehead atoms. The standard InChI is InChI=1S/C3H6S2.C3H8S.Sb/c4-3-1-2-5-3;1-3(2)4;/h3-4H,1-2H2;3-4H,1-2H3;/q;;+2/p-2. The molecule has 0 aromatic heterocycles. The van der Waals surface area contributed by atoms with Crippen LogP contribution in [0, 0.1) is 0 Å². The maximum atomic E-state index is 2.30. The van der Waals surface area contributed by atoms with Gasteiger partial charge in [0.25, 0.3) is 0 Å². The molecule has 10 heavy (non-hydrogen) atoms. The summed E-state index contributed by atoms with van der Waals surface area (Å²) in [7, 11) is 4.48. The summed E-state index contributed by atoms with van der Waals surface area (Å²) in [5.41, 5.74) is 0. The second-order valence-corrected chi connectivity index (χ2v) is 14.0. The van der Waals surface area contributed by atoms with Gasteiger partial charge in [-0.15, -0.1) is 0 Å². The van der Waals surface area contributed by atoms with Gasteiger partial charge in [-0.1, -0.05) is 0 Å². The molecule has 1 saturated heterocycles. The maximum absolute atomic E-state index is 2.30. The average molecular weight is 302 g/mol. The quantitative estimate of drug-likeness (QED) is 0.733. The summed E-state index contributed by atoms with van der Waals surface area (Å²) in [5, 5.41) is 0.870. The van der Waals surface area contributed by atoms with Crippen molar-refractivity contribution >= 4 is 48.3 Å². The first kappa shape index (κ1) is 9.95. The molecule has 1 unspecified atom stereocenters. The predicted molar refractivity (Wildman–Crippen MR) is 56.9 cm³/mol. The first-order valence-corrected chi connectivity index (χ1v) is 12.4. The van der Waals surface area contributed by atoms with E-state index in [0.717, 1.165) is 9.83 Å². The Morgan fingerprint density at radius 3 is 2.70 bits per heavy atom. The topological polar surface area (TPSA) is 0 Å². The minimum atomic E-state index is 0.0797. The van der Waals surface area contributed by atoms with Gasteiger partial charge in [0.2, 0.25) is 0 Å². The Labute approximate surface area is 83.4 Å². The van der Waals surface area contributed by atoms with Gasteiger partial charge >= 0.3 is 84.1 Å². The molecule has 0 aliphatic carbocycles. The number of hydrogen-bond donors (Lipinski definition) is 0. The molecule has 59 valence electrons. The van der Waals surface area contributed by atoms with E-state index in [0.29, 0.717) is 0 Å². The summed E-state index contributed by atoms with van der Waals surface area (Å²) >= 11 is 2.22. The van der Waals surface area contributed by atoms with Crippen LogP contribution >= 0.6 is 29.5 Å². The van der Waals surface area contributed by atoms with E-state index in [1.165, 1.54) is 12.2 Å². The van der Waals surface area contributed by atoms with Crippen molar-refractivity contribution in [3.8, 4) is 0 Å². The van der Waals surface area contributed by atoms with Crippen LogP contribution in [0.2, 0.25) is 0 Å². The molecule has 0 nitrogen and oxygen atoms in total. The predicted octanol–water partition coefficient (Wildman–Crippen LogP) is 2.86. The Bertz CT molecular complexity index is 93.0. The molecular formula is C6H12S3Sb. The van der Waals surface area contributed by atoms with Crippen LogP contribution in [0.25, 0.3) is 0 Å². The van der Waals surface area contributed by atoms with Crippen molar-refractivity contribution in [3.05, 3.63) is 0 Å². The summed E-state index contributed by atoms with van der Waals surface area (Å²) in [6, 6.07) is 0. The molecule has 1 aliphatic heterocycles. The second kappa shape index (κ2) is 5.50. The number of thioether (sulfide) groups is 1. The van der Waals surface area contributed by atoms with Gasteiger partial charge in [0.15, 0.2) is 0 Å². The zero-order valence-electron chi connectivity index (χ0n) is 6.24. The molecule has 1 atom stereocenters. The molecule has 1 radical (unpaired) electrons. The Balaban J connectivity index is 1.85. The van der Waals surface area contributed by atoms with Crippen LogP contribution in [0.3, 0.4) is 0 Å². The third kappa shape index (κ3) is 4.04. The summed E-state index contributed by atoms with van der Waals surface area (Å²) in [6.07, 6.45) is 1.48. The Hall–Kier alpha value is 1.87. The van der Waals surface area contributed by atoms with Crippen LogP contribution in [0.15, 0.2) is 0 Å². The van der Waals surface area contributed by atoms with Crippen LogP contribution in [0.5, 0.6) is 0 Å². The van der Waals surface area contributed by atoms with E-state index in [-0.39, 0.29) is 18.8 Å². The summed E-state index contributed by atoms with van der Waals surface area (Å²) in [6.45, 7) is 4.60. The van der Waals surface area contributed by atoms with Gasteiger partial charge in [-0.25, -0.2) is 0 Å². The zero-order valence-corrected chi connectivity index (χ0v) is 11.2. The Morgan fingerprint density at radius 1 is 1.60 bits per heavy atom. The zero-order chi connectivity index (χ0) is 7.40. The molecule has 0 aromatic rings. The van der Waals surface area contributed by atoms with Crippen molar-refractivity contribution in [2.24, 2.45) is 0 Å². The molecule has 1 aliphatic rings. The van der Waals surface area contributed by atoms with E-state index in [4.69, 9.17) is 0 Å². The van der Waals surface area contributed by atoms with Crippen molar-refractivity contribution in [2.45, 2.75) is 30.1 Å². The Kier molecular flexibility index (Phi) is 5.48. The van der Waals surface area contributed by atoms with E-state index in [1.54, 1.807) is 0 Å². The first-order valence-electron chi connectivity index (χ1n) is 3.42. The van der Waals surface area contributed by atoms with Gasteiger partial charge in [-0.2, -0.15) is 0 Å². The van der Waals surface area contributed by atoms with E-state index >= 15 is 0 Å². The third-order valence-corrected chi connectivity index (χ3v) is 15.9. The van der Waals surface area contributed by atoms with Crippen LogP contribution in [0.4, 0.5) is 0 Å². The first-order chi connectivity index (χ1) is 4.79. The number of hydrogen-bond acceptors (Lipinski definition) is 3. The van der Waals surface area contributed by atoms with Crippen LogP contribution < -0.4 is 0 Å². The summed E-state index contributed by atoms with van der Waals surface area (Å²) in [5.74, 6) is 1.42. The molecule has 1 fully saturated rings. The minimum absolute atomic E-state index is 0.0797. The molecule has 0 spiro atoms. The monoisotopic (exact) mass is 301 g/mol. The SMILES string of the molecule is CC(C)[S][Sb][S]C1CCS1. The van der Waals surface area contributed by atoms with Crippen molar-refractivity contribution in [2.75, 3.05) is 5.75 Å². The molecule has 0 aromatic carbocycles. The average Bonchev–Trinajstić information content (AvgIpc) is 1.75.